The molecule has 34 heavy (non-hydrogen) atoms. The molecule has 0 aromatic heterocycles. The fraction of sp³-hybridized carbons (Fsp3) is 0.185. The molecule has 4 rings (SSSR count). The van der Waals surface area contributed by atoms with E-state index >= 15 is 0 Å². The molecule has 0 radical (unpaired) electrons. The molecule has 0 saturated carbocycles. The third kappa shape index (κ3) is 5.00. The Morgan fingerprint density at radius 1 is 1.12 bits per heavy atom. The minimum Gasteiger partial charge on any atom is -0.494 e. The van der Waals surface area contributed by atoms with Crippen molar-refractivity contribution >= 4 is 17.6 Å². The van der Waals surface area contributed by atoms with E-state index in [1.165, 1.54) is 0 Å². The first kappa shape index (κ1) is 23.2. The average Bonchev–Trinajstić information content (AvgIpc) is 2.84. The first-order valence-electron chi connectivity index (χ1n) is 10.9. The highest BCUT2D eigenvalue weighted by atomic mass is 35.5. The number of rotatable bonds is 7. The van der Waals surface area contributed by atoms with Crippen molar-refractivity contribution in [1.29, 1.82) is 5.26 Å². The Morgan fingerprint density at radius 2 is 1.91 bits per heavy atom. The van der Waals surface area contributed by atoms with Crippen LogP contribution < -0.4 is 19.9 Å². The van der Waals surface area contributed by atoms with E-state index in [4.69, 9.17) is 31.5 Å². The van der Waals surface area contributed by atoms with E-state index in [1.54, 1.807) is 54.6 Å². The van der Waals surface area contributed by atoms with Gasteiger partial charge in [-0.05, 0) is 48.4 Å². The van der Waals surface area contributed by atoms with Gasteiger partial charge >= 0.3 is 5.97 Å². The lowest BCUT2D eigenvalue weighted by molar-refractivity contribution is 0.0734. The number of nitrogens with two attached hydrogens (primary N) is 1. The van der Waals surface area contributed by atoms with E-state index in [0.717, 1.165) is 24.0 Å². The minimum absolute atomic E-state index is 0.00959. The monoisotopic (exact) mass is 474 g/mol. The van der Waals surface area contributed by atoms with Gasteiger partial charge in [-0.3, -0.25) is 0 Å². The molecule has 3 aromatic carbocycles. The highest BCUT2D eigenvalue weighted by molar-refractivity contribution is 6.30. The third-order valence-electron chi connectivity index (χ3n) is 5.44. The zero-order valence-electron chi connectivity index (χ0n) is 18.6. The number of carbonyl (C=O) groups is 1. The lowest BCUT2D eigenvalue weighted by atomic mass is 9.83. The topological polar surface area (TPSA) is 94.6 Å². The Morgan fingerprint density at radius 3 is 2.65 bits per heavy atom. The molecule has 3 aromatic rings. The van der Waals surface area contributed by atoms with Gasteiger partial charge in [-0.25, -0.2) is 4.79 Å². The summed E-state index contributed by atoms with van der Waals surface area (Å²) in [6.45, 7) is 2.67. The molecule has 7 heteroatoms. The third-order valence-corrected chi connectivity index (χ3v) is 5.69. The maximum atomic E-state index is 12.7. The average molecular weight is 475 g/mol. The predicted octanol–water partition coefficient (Wildman–Crippen LogP) is 5.96. The van der Waals surface area contributed by atoms with Gasteiger partial charge in [0.2, 0.25) is 5.88 Å². The normalized spacial score (nSPS) is 14.6. The molecule has 1 unspecified atom stereocenters. The Bertz CT molecular complexity index is 1280. The number of carbonyl (C=O) groups excluding carboxylic acids is 1. The molecular weight excluding hydrogens is 452 g/mol. The standard InChI is InChI=1S/C27H23ClN2O4/c1-2-3-13-32-20-6-4-5-18(14-20)27(31)33-21-11-12-22-24(15-21)34-26(30)23(16-29)25(22)17-7-9-19(28)10-8-17/h4-12,14-15,25H,2-3,13,30H2,1H3. The Balaban J connectivity index is 1.58. The molecule has 172 valence electrons. The molecule has 1 aliphatic heterocycles. The number of ether oxygens (including phenoxy) is 3. The van der Waals surface area contributed by atoms with Crippen molar-refractivity contribution in [2.45, 2.75) is 25.7 Å². The number of hydrogen-bond donors (Lipinski definition) is 1. The first-order valence-corrected chi connectivity index (χ1v) is 11.3. The number of nitriles is 1. The van der Waals surface area contributed by atoms with E-state index < -0.39 is 11.9 Å². The van der Waals surface area contributed by atoms with Crippen molar-refractivity contribution in [3.05, 3.63) is 99.9 Å². The van der Waals surface area contributed by atoms with Crippen molar-refractivity contribution < 1.29 is 19.0 Å². The summed E-state index contributed by atoms with van der Waals surface area (Å²) in [6.07, 6.45) is 1.96. The summed E-state index contributed by atoms with van der Waals surface area (Å²) in [6, 6.07) is 21.3. The maximum Gasteiger partial charge on any atom is 0.343 e. The van der Waals surface area contributed by atoms with E-state index in [9.17, 15) is 10.1 Å². The van der Waals surface area contributed by atoms with Crippen LogP contribution in [0.15, 0.2) is 78.2 Å². The fourth-order valence-corrected chi connectivity index (χ4v) is 3.84. The van der Waals surface area contributed by atoms with Crippen LogP contribution in [-0.4, -0.2) is 12.6 Å². The molecule has 0 bridgehead atoms. The largest absolute Gasteiger partial charge is 0.494 e. The van der Waals surface area contributed by atoms with Gasteiger partial charge in [-0.2, -0.15) is 5.26 Å². The summed E-state index contributed by atoms with van der Waals surface area (Å²) in [4.78, 5) is 12.7. The van der Waals surface area contributed by atoms with Gasteiger partial charge in [0.05, 0.1) is 18.1 Å². The van der Waals surface area contributed by atoms with Crippen LogP contribution in [0.25, 0.3) is 0 Å². The molecule has 1 aliphatic rings. The van der Waals surface area contributed by atoms with Gasteiger partial charge in [0.25, 0.3) is 0 Å². The van der Waals surface area contributed by atoms with Crippen molar-refractivity contribution in [3.63, 3.8) is 0 Å². The molecule has 2 N–H and O–H groups in total. The molecule has 0 fully saturated rings. The van der Waals surface area contributed by atoms with Gasteiger partial charge in [0.15, 0.2) is 0 Å². The number of fused-ring (bicyclic) bond motifs is 1. The lowest BCUT2D eigenvalue weighted by Crippen LogP contribution is -2.21. The van der Waals surface area contributed by atoms with Crippen molar-refractivity contribution in [2.24, 2.45) is 5.73 Å². The highest BCUT2D eigenvalue weighted by Gasteiger charge is 2.31. The van der Waals surface area contributed by atoms with Gasteiger partial charge in [0.1, 0.15) is 28.9 Å². The molecule has 1 atom stereocenters. The number of allylic oxidation sites excluding steroid dienone is 1. The summed E-state index contributed by atoms with van der Waals surface area (Å²) in [5.41, 5.74) is 8.32. The Labute approximate surface area is 203 Å². The van der Waals surface area contributed by atoms with Crippen LogP contribution >= 0.6 is 11.6 Å². The fourth-order valence-electron chi connectivity index (χ4n) is 3.71. The van der Waals surface area contributed by atoms with Crippen molar-refractivity contribution in [2.75, 3.05) is 6.61 Å². The predicted molar refractivity (Wildman–Crippen MR) is 129 cm³/mol. The minimum atomic E-state index is -0.521. The van der Waals surface area contributed by atoms with Crippen LogP contribution in [0.1, 0.15) is 47.2 Å². The van der Waals surface area contributed by atoms with Gasteiger partial charge in [-0.1, -0.05) is 49.2 Å². The number of halogens is 1. The van der Waals surface area contributed by atoms with Crippen LogP contribution in [0.3, 0.4) is 0 Å². The molecule has 0 saturated heterocycles. The first-order chi connectivity index (χ1) is 16.5. The molecule has 6 nitrogen and oxygen atoms in total. The van der Waals surface area contributed by atoms with Gasteiger partial charge in [-0.15, -0.1) is 0 Å². The SMILES string of the molecule is CCCCOc1cccc(C(=O)Oc2ccc3c(c2)OC(N)=C(C#N)C3c2ccc(Cl)cc2)c1. The van der Waals surface area contributed by atoms with Crippen molar-refractivity contribution in [3.8, 4) is 23.3 Å². The smallest absolute Gasteiger partial charge is 0.343 e. The van der Waals surface area contributed by atoms with Crippen LogP contribution in [0.4, 0.5) is 0 Å². The molecular formula is C27H23ClN2O4. The summed E-state index contributed by atoms with van der Waals surface area (Å²) in [5.74, 6) is 0.391. The quantitative estimate of drug-likeness (QED) is 0.258. The van der Waals surface area contributed by atoms with E-state index in [1.807, 2.05) is 12.1 Å². The van der Waals surface area contributed by atoms with E-state index in [0.29, 0.717) is 40.0 Å². The number of benzene rings is 3. The number of hydrogen-bond acceptors (Lipinski definition) is 6. The zero-order valence-corrected chi connectivity index (χ0v) is 19.3. The maximum absolute atomic E-state index is 12.7. The zero-order chi connectivity index (χ0) is 24.1. The molecule has 0 aliphatic carbocycles. The Hall–Kier alpha value is -3.95. The molecule has 1 heterocycles. The summed E-state index contributed by atoms with van der Waals surface area (Å²) in [7, 11) is 0. The van der Waals surface area contributed by atoms with E-state index in [-0.39, 0.29) is 5.88 Å². The second-order valence-corrected chi connectivity index (χ2v) is 8.23. The van der Waals surface area contributed by atoms with Crippen LogP contribution in [0.2, 0.25) is 5.02 Å². The van der Waals surface area contributed by atoms with Crippen LogP contribution in [-0.2, 0) is 0 Å². The van der Waals surface area contributed by atoms with Gasteiger partial charge in [0, 0.05) is 16.7 Å². The summed E-state index contributed by atoms with van der Waals surface area (Å²) >= 11 is 6.03. The van der Waals surface area contributed by atoms with Gasteiger partial charge < -0.3 is 19.9 Å². The second kappa shape index (κ2) is 10.3. The lowest BCUT2D eigenvalue weighted by Gasteiger charge is -2.26. The Kier molecular flexibility index (Phi) is 7.05. The molecule has 0 amide bonds. The molecule has 0 spiro atoms. The number of unbranched alkanes of at least 4 members (excludes halogenated alkanes) is 1. The van der Waals surface area contributed by atoms with Crippen LogP contribution in [0, 0.1) is 11.3 Å². The van der Waals surface area contributed by atoms with Crippen molar-refractivity contribution in [1.82, 2.24) is 0 Å². The van der Waals surface area contributed by atoms with Crippen LogP contribution in [0.5, 0.6) is 17.2 Å². The number of nitrogens with zero attached hydrogens (tertiary/aromatic N) is 1. The van der Waals surface area contributed by atoms with E-state index in [2.05, 4.69) is 13.0 Å². The number of esters is 1. The highest BCUT2D eigenvalue weighted by Crippen LogP contribution is 2.43. The summed E-state index contributed by atoms with van der Waals surface area (Å²) < 4.78 is 17.0. The summed E-state index contributed by atoms with van der Waals surface area (Å²) in [5, 5.41) is 10.3. The second-order valence-electron chi connectivity index (χ2n) is 7.80.